The molecule has 21 heavy (non-hydrogen) atoms. The highest BCUT2D eigenvalue weighted by molar-refractivity contribution is 7.91. The lowest BCUT2D eigenvalue weighted by molar-refractivity contribution is -0.384. The first-order valence-electron chi connectivity index (χ1n) is 5.93. The largest absolute Gasteiger partial charge is 0.333 e. The lowest BCUT2D eigenvalue weighted by Crippen LogP contribution is -2.42. The number of halogens is 1. The van der Waals surface area contributed by atoms with E-state index in [2.05, 4.69) is 10.6 Å². The highest BCUT2D eigenvalue weighted by Gasteiger charge is 2.37. The van der Waals surface area contributed by atoms with Crippen molar-refractivity contribution in [1.29, 1.82) is 0 Å². The van der Waals surface area contributed by atoms with E-state index < -0.39 is 32.2 Å². The maximum atomic E-state index is 11.7. The van der Waals surface area contributed by atoms with Crippen LogP contribution in [0, 0.1) is 10.1 Å². The van der Waals surface area contributed by atoms with Gasteiger partial charge in [-0.05, 0) is 12.1 Å². The van der Waals surface area contributed by atoms with Gasteiger partial charge in [-0.15, -0.1) is 11.6 Å². The highest BCUT2D eigenvalue weighted by atomic mass is 35.5. The number of carbonyl (C=O) groups excluding carboxylic acids is 1. The zero-order valence-corrected chi connectivity index (χ0v) is 12.2. The van der Waals surface area contributed by atoms with Crippen LogP contribution in [0.2, 0.25) is 0 Å². The van der Waals surface area contributed by atoms with Crippen molar-refractivity contribution in [2.45, 2.75) is 11.4 Å². The molecule has 10 heteroatoms. The number of rotatable bonds is 3. The van der Waals surface area contributed by atoms with Gasteiger partial charge in [-0.25, -0.2) is 13.2 Å². The average Bonchev–Trinajstić information content (AvgIpc) is 2.62. The zero-order valence-electron chi connectivity index (χ0n) is 10.7. The molecule has 2 atom stereocenters. The lowest BCUT2D eigenvalue weighted by Gasteiger charge is -2.14. The fourth-order valence-corrected chi connectivity index (χ4v) is 4.49. The molecule has 1 heterocycles. The van der Waals surface area contributed by atoms with Gasteiger partial charge in [0.2, 0.25) is 0 Å². The summed E-state index contributed by atoms with van der Waals surface area (Å²) in [6, 6.07) is 3.98. The second kappa shape index (κ2) is 5.86. The molecule has 1 aromatic rings. The summed E-state index contributed by atoms with van der Waals surface area (Å²) in [7, 11) is -3.23. The van der Waals surface area contributed by atoms with Crippen molar-refractivity contribution in [1.82, 2.24) is 5.32 Å². The molecule has 0 radical (unpaired) electrons. The van der Waals surface area contributed by atoms with Gasteiger partial charge in [0.1, 0.15) is 0 Å². The summed E-state index contributed by atoms with van der Waals surface area (Å²) in [5.41, 5.74) is 0.258. The van der Waals surface area contributed by atoms with Gasteiger partial charge in [0.25, 0.3) is 5.69 Å². The van der Waals surface area contributed by atoms with E-state index in [-0.39, 0.29) is 17.2 Å². The van der Waals surface area contributed by atoms with E-state index in [1.54, 1.807) is 0 Å². The highest BCUT2D eigenvalue weighted by Crippen LogP contribution is 2.19. The van der Waals surface area contributed by atoms with Gasteiger partial charge < -0.3 is 10.6 Å². The van der Waals surface area contributed by atoms with Crippen LogP contribution in [0.3, 0.4) is 0 Å². The Labute approximate surface area is 125 Å². The molecule has 2 unspecified atom stereocenters. The van der Waals surface area contributed by atoms with Crippen molar-refractivity contribution in [2.75, 3.05) is 16.8 Å². The van der Waals surface area contributed by atoms with Gasteiger partial charge >= 0.3 is 6.03 Å². The number of nitrogens with one attached hydrogen (secondary N) is 2. The van der Waals surface area contributed by atoms with Crippen molar-refractivity contribution >= 4 is 38.8 Å². The van der Waals surface area contributed by atoms with Crippen LogP contribution < -0.4 is 10.6 Å². The van der Waals surface area contributed by atoms with Crippen LogP contribution in [0.5, 0.6) is 0 Å². The smallest absolute Gasteiger partial charge is 0.319 e. The quantitative estimate of drug-likeness (QED) is 0.488. The molecule has 0 saturated carbocycles. The molecular weight excluding hydrogens is 322 g/mol. The Morgan fingerprint density at radius 3 is 2.38 bits per heavy atom. The number of nitrogens with zero attached hydrogens (tertiary/aromatic N) is 1. The summed E-state index contributed by atoms with van der Waals surface area (Å²) in [5, 5.41) is 14.8. The average molecular weight is 334 g/mol. The first-order valence-corrected chi connectivity index (χ1v) is 8.19. The third kappa shape index (κ3) is 4.05. The topological polar surface area (TPSA) is 118 Å². The third-order valence-electron chi connectivity index (χ3n) is 2.94. The molecular formula is C11H12ClN3O5S. The molecule has 2 amide bonds. The Kier molecular flexibility index (Phi) is 4.33. The van der Waals surface area contributed by atoms with Gasteiger partial charge in [-0.2, -0.15) is 0 Å². The van der Waals surface area contributed by atoms with Crippen molar-refractivity contribution < 1.29 is 18.1 Å². The molecule has 0 bridgehead atoms. The minimum absolute atomic E-state index is 0.0938. The van der Waals surface area contributed by atoms with E-state index >= 15 is 0 Å². The molecule has 2 N–H and O–H groups in total. The number of non-ortho nitro benzene ring substituents is 1. The van der Waals surface area contributed by atoms with E-state index in [1.807, 2.05) is 0 Å². The Morgan fingerprint density at radius 2 is 1.90 bits per heavy atom. The number of sulfone groups is 1. The number of alkyl halides is 1. The van der Waals surface area contributed by atoms with E-state index in [1.165, 1.54) is 24.3 Å². The van der Waals surface area contributed by atoms with Gasteiger partial charge in [0, 0.05) is 17.8 Å². The summed E-state index contributed by atoms with van der Waals surface area (Å²) in [6.07, 6.45) is 0. The molecule has 1 aliphatic heterocycles. The summed E-state index contributed by atoms with van der Waals surface area (Å²) in [4.78, 5) is 21.7. The molecule has 114 valence electrons. The van der Waals surface area contributed by atoms with Gasteiger partial charge in [0.15, 0.2) is 9.84 Å². The fourth-order valence-electron chi connectivity index (χ4n) is 1.94. The summed E-state index contributed by atoms with van der Waals surface area (Å²) < 4.78 is 22.7. The predicted molar refractivity (Wildman–Crippen MR) is 77.3 cm³/mol. The number of anilines is 1. The molecule has 8 nitrogen and oxygen atoms in total. The monoisotopic (exact) mass is 333 g/mol. The molecule has 2 rings (SSSR count). The number of nitro benzene ring substituents is 1. The SMILES string of the molecule is O=C(Nc1ccc([N+](=O)[O-])cc1)NC1CS(=O)(=O)CC1Cl. The molecule has 0 aliphatic carbocycles. The molecule has 1 saturated heterocycles. The third-order valence-corrected chi connectivity index (χ3v) is 5.31. The first kappa shape index (κ1) is 15.5. The van der Waals surface area contributed by atoms with Crippen molar-refractivity contribution in [2.24, 2.45) is 0 Å². The summed E-state index contributed by atoms with van der Waals surface area (Å²) >= 11 is 5.87. The van der Waals surface area contributed by atoms with Crippen LogP contribution in [0.25, 0.3) is 0 Å². The lowest BCUT2D eigenvalue weighted by atomic mass is 10.2. The second-order valence-corrected chi connectivity index (χ2v) is 7.32. The van der Waals surface area contributed by atoms with Crippen molar-refractivity contribution in [3.63, 3.8) is 0 Å². The number of urea groups is 1. The van der Waals surface area contributed by atoms with Gasteiger partial charge in [-0.3, -0.25) is 10.1 Å². The molecule has 0 aromatic heterocycles. The van der Waals surface area contributed by atoms with Crippen LogP contribution in [-0.2, 0) is 9.84 Å². The van der Waals surface area contributed by atoms with E-state index in [9.17, 15) is 23.3 Å². The molecule has 1 fully saturated rings. The Morgan fingerprint density at radius 1 is 1.29 bits per heavy atom. The maximum absolute atomic E-state index is 11.7. The van der Waals surface area contributed by atoms with E-state index in [0.717, 1.165) is 0 Å². The predicted octanol–water partition coefficient (Wildman–Crippen LogP) is 1.12. The summed E-state index contributed by atoms with van der Waals surface area (Å²) in [6.45, 7) is 0. The van der Waals surface area contributed by atoms with Crippen LogP contribution >= 0.6 is 11.6 Å². The molecule has 1 aliphatic rings. The minimum Gasteiger partial charge on any atom is -0.333 e. The van der Waals surface area contributed by atoms with Gasteiger partial charge in [-0.1, -0.05) is 0 Å². The van der Waals surface area contributed by atoms with Crippen molar-refractivity contribution in [3.05, 3.63) is 34.4 Å². The number of nitro groups is 1. The normalized spacial score (nSPS) is 23.5. The van der Waals surface area contributed by atoms with E-state index in [0.29, 0.717) is 5.69 Å². The van der Waals surface area contributed by atoms with Crippen LogP contribution in [0.4, 0.5) is 16.2 Å². The van der Waals surface area contributed by atoms with Crippen LogP contribution in [0.15, 0.2) is 24.3 Å². The molecule has 1 aromatic carbocycles. The number of hydrogen-bond donors (Lipinski definition) is 2. The number of hydrogen-bond acceptors (Lipinski definition) is 5. The number of benzene rings is 1. The standard InChI is InChI=1S/C11H12ClN3O5S/c12-9-5-21(19,20)6-10(9)14-11(16)13-7-1-3-8(4-2-7)15(17)18/h1-4,9-10H,5-6H2,(H2,13,14,16). The first-order chi connectivity index (χ1) is 9.77. The summed E-state index contributed by atoms with van der Waals surface area (Å²) in [5.74, 6) is -0.369. The Hall–Kier alpha value is -1.87. The van der Waals surface area contributed by atoms with Gasteiger partial charge in [0.05, 0.1) is 27.8 Å². The Balaban J connectivity index is 1.94. The minimum atomic E-state index is -3.23. The second-order valence-electron chi connectivity index (χ2n) is 4.60. The van der Waals surface area contributed by atoms with Crippen LogP contribution in [-0.4, -0.2) is 42.3 Å². The number of amides is 2. The Bertz CT molecular complexity index is 661. The maximum Gasteiger partial charge on any atom is 0.319 e. The molecule has 0 spiro atoms. The van der Waals surface area contributed by atoms with Crippen molar-refractivity contribution in [3.8, 4) is 0 Å². The van der Waals surface area contributed by atoms with Crippen LogP contribution in [0.1, 0.15) is 0 Å². The zero-order chi connectivity index (χ0) is 15.6. The fraction of sp³-hybridized carbons (Fsp3) is 0.364. The number of carbonyl (C=O) groups is 1. The van der Waals surface area contributed by atoms with E-state index in [4.69, 9.17) is 11.6 Å².